The van der Waals surface area contributed by atoms with Crippen LogP contribution in [0.25, 0.3) is 21.8 Å². The monoisotopic (exact) mass is 350 g/mol. The molecule has 3 nitrogen and oxygen atoms in total. The summed E-state index contributed by atoms with van der Waals surface area (Å²) in [7, 11) is 0.737. The van der Waals surface area contributed by atoms with Crippen molar-refractivity contribution in [2.24, 2.45) is 0 Å². The maximum atomic E-state index is 8.89. The minimum Gasteiger partial charge on any atom is -0.537 e. The lowest BCUT2D eigenvalue weighted by Crippen LogP contribution is -2.00. The van der Waals surface area contributed by atoms with Gasteiger partial charge in [-0.2, -0.15) is 0 Å². The summed E-state index contributed by atoms with van der Waals surface area (Å²) in [4.78, 5) is 0. The SMILES string of the molecule is CCCCCCCCCCn1c2ccccc2c2cc(O[B]O)ccc21. The highest BCUT2D eigenvalue weighted by Crippen LogP contribution is 2.32. The van der Waals surface area contributed by atoms with Crippen LogP contribution in [0, 0.1) is 0 Å². The van der Waals surface area contributed by atoms with Gasteiger partial charge >= 0.3 is 7.69 Å². The summed E-state index contributed by atoms with van der Waals surface area (Å²) in [6.45, 7) is 3.31. The molecule has 0 spiro atoms. The topological polar surface area (TPSA) is 34.4 Å². The van der Waals surface area contributed by atoms with Crippen molar-refractivity contribution in [1.82, 2.24) is 4.57 Å². The van der Waals surface area contributed by atoms with E-state index in [4.69, 9.17) is 9.68 Å². The Bertz CT molecular complexity index is 827. The summed E-state index contributed by atoms with van der Waals surface area (Å²) in [6, 6.07) is 14.6. The third-order valence-corrected chi connectivity index (χ3v) is 5.17. The van der Waals surface area contributed by atoms with Gasteiger partial charge < -0.3 is 14.2 Å². The molecule has 0 saturated heterocycles. The zero-order valence-corrected chi connectivity index (χ0v) is 15.8. The molecule has 1 heterocycles. The predicted octanol–water partition coefficient (Wildman–Crippen LogP) is 5.84. The largest absolute Gasteiger partial charge is 0.569 e. The van der Waals surface area contributed by atoms with E-state index in [2.05, 4.69) is 41.8 Å². The molecule has 26 heavy (non-hydrogen) atoms. The number of para-hydroxylation sites is 1. The quantitative estimate of drug-likeness (QED) is 0.348. The first-order valence-corrected chi connectivity index (χ1v) is 9.98. The van der Waals surface area contributed by atoms with Crippen LogP contribution in [-0.4, -0.2) is 17.3 Å². The molecule has 3 rings (SSSR count). The van der Waals surface area contributed by atoms with Gasteiger partial charge in [0.2, 0.25) is 0 Å². The highest BCUT2D eigenvalue weighted by atomic mass is 16.5. The lowest BCUT2D eigenvalue weighted by atomic mass is 10.1. The number of aryl methyl sites for hydroxylation is 1. The number of fused-ring (bicyclic) bond motifs is 3. The van der Waals surface area contributed by atoms with Crippen molar-refractivity contribution < 1.29 is 9.68 Å². The summed E-state index contributed by atoms with van der Waals surface area (Å²) < 4.78 is 7.57. The van der Waals surface area contributed by atoms with Gasteiger partial charge in [-0.3, -0.25) is 0 Å². The Hall–Kier alpha value is -1.94. The van der Waals surface area contributed by atoms with Crippen molar-refractivity contribution in [1.29, 1.82) is 0 Å². The zero-order valence-electron chi connectivity index (χ0n) is 15.8. The Morgan fingerprint density at radius 1 is 0.846 bits per heavy atom. The highest BCUT2D eigenvalue weighted by molar-refractivity contribution is 6.17. The number of unbranched alkanes of at least 4 members (excludes halogenated alkanes) is 7. The zero-order chi connectivity index (χ0) is 18.2. The number of benzene rings is 2. The second kappa shape index (κ2) is 9.68. The minimum atomic E-state index is 0.662. The second-order valence-corrected chi connectivity index (χ2v) is 7.05. The third-order valence-electron chi connectivity index (χ3n) is 5.17. The van der Waals surface area contributed by atoms with E-state index in [1.165, 1.54) is 73.2 Å². The molecule has 0 unspecified atom stereocenters. The Kier molecular flexibility index (Phi) is 7.01. The number of aromatic nitrogens is 1. The van der Waals surface area contributed by atoms with E-state index in [-0.39, 0.29) is 0 Å². The van der Waals surface area contributed by atoms with Gasteiger partial charge in [0.1, 0.15) is 5.75 Å². The average Bonchev–Trinajstić information content (AvgIpc) is 2.98. The third kappa shape index (κ3) is 4.42. The van der Waals surface area contributed by atoms with Crippen molar-refractivity contribution in [3.05, 3.63) is 42.5 Å². The smallest absolute Gasteiger partial charge is 0.537 e. The number of rotatable bonds is 11. The van der Waals surface area contributed by atoms with Crippen LogP contribution in [0.15, 0.2) is 42.5 Å². The summed E-state index contributed by atoms with van der Waals surface area (Å²) in [5.41, 5.74) is 2.51. The molecule has 1 aromatic heterocycles. The first-order chi connectivity index (χ1) is 12.8. The molecule has 0 aliphatic carbocycles. The van der Waals surface area contributed by atoms with E-state index < -0.39 is 0 Å². The number of hydrogen-bond acceptors (Lipinski definition) is 2. The molecule has 0 atom stereocenters. The van der Waals surface area contributed by atoms with Crippen LogP contribution in [0.4, 0.5) is 0 Å². The van der Waals surface area contributed by atoms with Crippen LogP contribution in [0.1, 0.15) is 58.3 Å². The maximum Gasteiger partial charge on any atom is 0.569 e. The molecule has 137 valence electrons. The lowest BCUT2D eigenvalue weighted by molar-refractivity contribution is 0.454. The molecule has 0 bridgehead atoms. The van der Waals surface area contributed by atoms with E-state index in [0.29, 0.717) is 5.75 Å². The van der Waals surface area contributed by atoms with Gasteiger partial charge in [-0.05, 0) is 30.7 Å². The molecular weight excluding hydrogens is 321 g/mol. The fourth-order valence-corrected chi connectivity index (χ4v) is 3.81. The fraction of sp³-hybridized carbons (Fsp3) is 0.455. The van der Waals surface area contributed by atoms with E-state index in [0.717, 1.165) is 14.2 Å². The standard InChI is InChI=1S/C22H29BNO2/c1-2-3-4-5-6-7-8-11-16-24-21-13-10-9-12-19(21)20-17-18(26-23-25)14-15-22(20)24/h9-10,12-15,17,25H,2-8,11,16H2,1H3. The van der Waals surface area contributed by atoms with Crippen LogP contribution in [0.2, 0.25) is 0 Å². The van der Waals surface area contributed by atoms with E-state index >= 15 is 0 Å². The average molecular weight is 350 g/mol. The van der Waals surface area contributed by atoms with Gasteiger partial charge in [-0.15, -0.1) is 0 Å². The number of nitrogens with zero attached hydrogens (tertiary/aromatic N) is 1. The van der Waals surface area contributed by atoms with Crippen molar-refractivity contribution in [3.63, 3.8) is 0 Å². The van der Waals surface area contributed by atoms with E-state index in [9.17, 15) is 0 Å². The summed E-state index contributed by atoms with van der Waals surface area (Å²) in [5, 5.41) is 11.3. The van der Waals surface area contributed by atoms with Gasteiger partial charge in [-0.1, -0.05) is 70.1 Å². The summed E-state index contributed by atoms with van der Waals surface area (Å²) in [6.07, 6.45) is 10.7. The van der Waals surface area contributed by atoms with Crippen LogP contribution in [-0.2, 0) is 6.54 Å². The summed E-state index contributed by atoms with van der Waals surface area (Å²) >= 11 is 0. The van der Waals surface area contributed by atoms with Crippen LogP contribution >= 0.6 is 0 Å². The molecule has 4 heteroatoms. The molecule has 1 radical (unpaired) electrons. The van der Waals surface area contributed by atoms with Gasteiger partial charge in [0.15, 0.2) is 0 Å². The maximum absolute atomic E-state index is 8.89. The Balaban J connectivity index is 1.69. The molecule has 0 fully saturated rings. The van der Waals surface area contributed by atoms with Crippen molar-refractivity contribution in [2.45, 2.75) is 64.8 Å². The van der Waals surface area contributed by atoms with Crippen molar-refractivity contribution >= 4 is 29.5 Å². The molecule has 3 aromatic rings. The van der Waals surface area contributed by atoms with Gasteiger partial charge in [-0.25, -0.2) is 0 Å². The fourth-order valence-electron chi connectivity index (χ4n) is 3.81. The van der Waals surface area contributed by atoms with E-state index in [1.807, 2.05) is 12.1 Å². The second-order valence-electron chi connectivity index (χ2n) is 7.05. The summed E-state index contributed by atoms with van der Waals surface area (Å²) in [5.74, 6) is 0.662. The number of hydrogen-bond donors (Lipinski definition) is 1. The first kappa shape index (κ1) is 18.8. The molecule has 0 saturated carbocycles. The van der Waals surface area contributed by atoms with Crippen molar-refractivity contribution in [2.75, 3.05) is 0 Å². The van der Waals surface area contributed by atoms with Crippen LogP contribution in [0.3, 0.4) is 0 Å². The molecular formula is C22H29BNO2. The molecule has 0 aliphatic rings. The molecule has 0 aliphatic heterocycles. The first-order valence-electron chi connectivity index (χ1n) is 9.98. The molecule has 0 amide bonds. The lowest BCUT2D eigenvalue weighted by Gasteiger charge is -2.08. The van der Waals surface area contributed by atoms with E-state index in [1.54, 1.807) is 0 Å². The van der Waals surface area contributed by atoms with Crippen LogP contribution < -0.4 is 4.65 Å². The predicted molar refractivity (Wildman–Crippen MR) is 111 cm³/mol. The van der Waals surface area contributed by atoms with Gasteiger partial charge in [0, 0.05) is 28.4 Å². The Morgan fingerprint density at radius 3 is 2.31 bits per heavy atom. The minimum absolute atomic E-state index is 0.662. The molecule has 2 aromatic carbocycles. The normalized spacial score (nSPS) is 11.3. The Morgan fingerprint density at radius 2 is 1.54 bits per heavy atom. The highest BCUT2D eigenvalue weighted by Gasteiger charge is 2.11. The Labute approximate surface area is 157 Å². The van der Waals surface area contributed by atoms with Gasteiger partial charge in [0.25, 0.3) is 0 Å². The van der Waals surface area contributed by atoms with Gasteiger partial charge in [0.05, 0.1) is 0 Å². The molecule has 1 N–H and O–H groups in total. The van der Waals surface area contributed by atoms with Crippen molar-refractivity contribution in [3.8, 4) is 5.75 Å². The van der Waals surface area contributed by atoms with Crippen LogP contribution in [0.5, 0.6) is 5.75 Å².